The number of carbonyl (C=O) groups is 3. The Balaban J connectivity index is 1.67. The summed E-state index contributed by atoms with van der Waals surface area (Å²) in [5.41, 5.74) is 1.47. The van der Waals surface area contributed by atoms with Crippen molar-refractivity contribution in [1.29, 1.82) is 0 Å². The van der Waals surface area contributed by atoms with Crippen LogP contribution in [0.3, 0.4) is 0 Å². The monoisotopic (exact) mass is 338 g/mol. The van der Waals surface area contributed by atoms with E-state index in [0.717, 1.165) is 4.90 Å². The van der Waals surface area contributed by atoms with Crippen LogP contribution in [0.2, 0.25) is 0 Å². The largest absolute Gasteiger partial charge is 0.497 e. The fourth-order valence-electron chi connectivity index (χ4n) is 2.78. The van der Waals surface area contributed by atoms with Crippen LogP contribution in [0.1, 0.15) is 27.1 Å². The lowest BCUT2D eigenvalue weighted by Crippen LogP contribution is -2.35. The molecule has 2 aromatic carbocycles. The Kier molecular flexibility index (Phi) is 4.52. The smallest absolute Gasteiger partial charge is 0.261 e. The number of benzene rings is 2. The average Bonchev–Trinajstić information content (AvgIpc) is 2.90. The Morgan fingerprint density at radius 2 is 1.68 bits per heavy atom. The molecule has 0 aliphatic carbocycles. The van der Waals surface area contributed by atoms with Crippen molar-refractivity contribution < 1.29 is 19.1 Å². The Labute approximate surface area is 145 Å². The highest BCUT2D eigenvalue weighted by Gasteiger charge is 2.35. The third-order valence-electron chi connectivity index (χ3n) is 4.24. The third kappa shape index (κ3) is 3.10. The minimum absolute atomic E-state index is 0.0547. The molecule has 3 amide bonds. The molecular formula is C19H18N2O4. The van der Waals surface area contributed by atoms with Crippen LogP contribution in [-0.4, -0.2) is 43.3 Å². The quantitative estimate of drug-likeness (QED) is 0.785. The molecule has 1 heterocycles. The molecule has 0 unspecified atom stereocenters. The lowest BCUT2D eigenvalue weighted by atomic mass is 10.1. The first-order valence-corrected chi connectivity index (χ1v) is 7.88. The normalized spacial score (nSPS) is 13.0. The lowest BCUT2D eigenvalue weighted by molar-refractivity contribution is -0.118. The molecule has 3 rings (SSSR count). The molecule has 0 aromatic heterocycles. The van der Waals surface area contributed by atoms with Crippen LogP contribution in [-0.2, 0) is 4.79 Å². The SMILES string of the molecule is COc1cccc(N(C)C(=O)CCN2C(=O)c3ccccc3C2=O)c1. The van der Waals surface area contributed by atoms with Crippen molar-refractivity contribution in [3.8, 4) is 5.75 Å². The van der Waals surface area contributed by atoms with E-state index >= 15 is 0 Å². The summed E-state index contributed by atoms with van der Waals surface area (Å²) < 4.78 is 5.15. The number of carbonyl (C=O) groups excluding carboxylic acids is 3. The number of hydrogen-bond acceptors (Lipinski definition) is 4. The minimum atomic E-state index is -0.350. The Morgan fingerprint density at radius 3 is 2.28 bits per heavy atom. The van der Waals surface area contributed by atoms with E-state index in [1.165, 1.54) is 4.90 Å². The van der Waals surface area contributed by atoms with Crippen molar-refractivity contribution in [3.05, 3.63) is 59.7 Å². The van der Waals surface area contributed by atoms with Crippen LogP contribution in [0.25, 0.3) is 0 Å². The highest BCUT2D eigenvalue weighted by molar-refractivity contribution is 6.21. The highest BCUT2D eigenvalue weighted by Crippen LogP contribution is 2.23. The van der Waals surface area contributed by atoms with Gasteiger partial charge in [-0.05, 0) is 24.3 Å². The molecule has 25 heavy (non-hydrogen) atoms. The number of imide groups is 1. The molecule has 0 spiro atoms. The van der Waals surface area contributed by atoms with Crippen LogP contribution < -0.4 is 9.64 Å². The summed E-state index contributed by atoms with van der Waals surface area (Å²) in [5.74, 6) is -0.239. The summed E-state index contributed by atoms with van der Waals surface area (Å²) in [6, 6.07) is 13.8. The van der Waals surface area contributed by atoms with Crippen LogP contribution >= 0.6 is 0 Å². The first kappa shape index (κ1) is 16.7. The van der Waals surface area contributed by atoms with Gasteiger partial charge < -0.3 is 9.64 Å². The van der Waals surface area contributed by atoms with Crippen molar-refractivity contribution in [2.45, 2.75) is 6.42 Å². The predicted octanol–water partition coefficient (Wildman–Crippen LogP) is 2.34. The summed E-state index contributed by atoms with van der Waals surface area (Å²) >= 11 is 0. The number of amides is 3. The number of hydrogen-bond donors (Lipinski definition) is 0. The Bertz CT molecular complexity index is 812. The van der Waals surface area contributed by atoms with E-state index in [-0.39, 0.29) is 30.7 Å². The fourth-order valence-corrected chi connectivity index (χ4v) is 2.78. The number of rotatable bonds is 5. The lowest BCUT2D eigenvalue weighted by Gasteiger charge is -2.20. The molecule has 0 saturated carbocycles. The molecule has 1 aliphatic heterocycles. The van der Waals surface area contributed by atoms with Gasteiger partial charge >= 0.3 is 0 Å². The number of nitrogens with zero attached hydrogens (tertiary/aromatic N) is 2. The van der Waals surface area contributed by atoms with Crippen molar-refractivity contribution in [2.24, 2.45) is 0 Å². The van der Waals surface area contributed by atoms with E-state index in [9.17, 15) is 14.4 Å². The summed E-state index contributed by atoms with van der Waals surface area (Å²) in [7, 11) is 3.21. The number of ether oxygens (including phenoxy) is 1. The van der Waals surface area contributed by atoms with E-state index < -0.39 is 0 Å². The summed E-state index contributed by atoms with van der Waals surface area (Å²) in [6.07, 6.45) is 0.0547. The van der Waals surface area contributed by atoms with Gasteiger partial charge in [0.15, 0.2) is 0 Å². The summed E-state index contributed by atoms with van der Waals surface area (Å²) in [6.45, 7) is 0.0550. The zero-order chi connectivity index (χ0) is 18.0. The molecule has 128 valence electrons. The molecule has 1 aliphatic rings. The molecule has 0 radical (unpaired) electrons. The van der Waals surface area contributed by atoms with E-state index in [2.05, 4.69) is 0 Å². The molecule has 6 heteroatoms. The van der Waals surface area contributed by atoms with Gasteiger partial charge in [-0.15, -0.1) is 0 Å². The van der Waals surface area contributed by atoms with Gasteiger partial charge in [0.2, 0.25) is 5.91 Å². The van der Waals surface area contributed by atoms with Gasteiger partial charge in [0.25, 0.3) is 11.8 Å². The van der Waals surface area contributed by atoms with E-state index in [1.54, 1.807) is 62.7 Å². The van der Waals surface area contributed by atoms with Crippen LogP contribution in [0.4, 0.5) is 5.69 Å². The molecule has 2 aromatic rings. The zero-order valence-electron chi connectivity index (χ0n) is 14.1. The number of fused-ring (bicyclic) bond motifs is 1. The molecule has 0 N–H and O–H groups in total. The molecule has 0 atom stereocenters. The fraction of sp³-hybridized carbons (Fsp3) is 0.211. The van der Waals surface area contributed by atoms with Crippen molar-refractivity contribution in [3.63, 3.8) is 0 Å². The van der Waals surface area contributed by atoms with Crippen LogP contribution in [0.5, 0.6) is 5.75 Å². The van der Waals surface area contributed by atoms with Crippen molar-refractivity contribution in [1.82, 2.24) is 4.90 Å². The van der Waals surface area contributed by atoms with Crippen LogP contribution in [0, 0.1) is 0 Å². The molecule has 0 fully saturated rings. The molecular weight excluding hydrogens is 320 g/mol. The van der Waals surface area contributed by atoms with Gasteiger partial charge in [0.1, 0.15) is 5.75 Å². The van der Waals surface area contributed by atoms with Gasteiger partial charge in [-0.1, -0.05) is 18.2 Å². The zero-order valence-corrected chi connectivity index (χ0v) is 14.1. The summed E-state index contributed by atoms with van der Waals surface area (Å²) in [5, 5.41) is 0. The second-order valence-electron chi connectivity index (χ2n) is 5.71. The maximum atomic E-state index is 12.4. The van der Waals surface area contributed by atoms with Gasteiger partial charge in [-0.25, -0.2) is 0 Å². The molecule has 0 saturated heterocycles. The van der Waals surface area contributed by atoms with E-state index in [0.29, 0.717) is 22.6 Å². The number of methoxy groups -OCH3 is 1. The van der Waals surface area contributed by atoms with Gasteiger partial charge in [-0.2, -0.15) is 0 Å². The second kappa shape index (κ2) is 6.76. The minimum Gasteiger partial charge on any atom is -0.497 e. The second-order valence-corrected chi connectivity index (χ2v) is 5.71. The third-order valence-corrected chi connectivity index (χ3v) is 4.24. The Morgan fingerprint density at radius 1 is 1.04 bits per heavy atom. The topological polar surface area (TPSA) is 66.9 Å². The van der Waals surface area contributed by atoms with Crippen molar-refractivity contribution in [2.75, 3.05) is 25.6 Å². The maximum absolute atomic E-state index is 12.4. The predicted molar refractivity (Wildman–Crippen MR) is 92.8 cm³/mol. The maximum Gasteiger partial charge on any atom is 0.261 e. The van der Waals surface area contributed by atoms with E-state index in [1.807, 2.05) is 0 Å². The first-order valence-electron chi connectivity index (χ1n) is 7.88. The molecule has 6 nitrogen and oxygen atoms in total. The highest BCUT2D eigenvalue weighted by atomic mass is 16.5. The summed E-state index contributed by atoms with van der Waals surface area (Å²) in [4.78, 5) is 39.6. The number of anilines is 1. The van der Waals surface area contributed by atoms with E-state index in [4.69, 9.17) is 4.74 Å². The Hall–Kier alpha value is -3.15. The first-order chi connectivity index (χ1) is 12.0. The van der Waals surface area contributed by atoms with Crippen LogP contribution in [0.15, 0.2) is 48.5 Å². The van der Waals surface area contributed by atoms with Gasteiger partial charge in [0.05, 0.1) is 18.2 Å². The van der Waals surface area contributed by atoms with Crippen molar-refractivity contribution >= 4 is 23.4 Å². The van der Waals surface area contributed by atoms with Gasteiger partial charge in [-0.3, -0.25) is 19.3 Å². The molecule has 0 bridgehead atoms. The average molecular weight is 338 g/mol. The van der Waals surface area contributed by atoms with Gasteiger partial charge in [0, 0.05) is 31.8 Å². The standard InChI is InChI=1S/C19H18N2O4/c1-20(13-6-5-7-14(12-13)25-2)17(22)10-11-21-18(23)15-8-3-4-9-16(15)19(21)24/h3-9,12H,10-11H2,1-2H3.